The number of nitro groups is 1. The van der Waals surface area contributed by atoms with Crippen LogP contribution < -0.4 is 5.14 Å². The number of carbonyl (C=O) groups excluding carboxylic acids is 2. The second-order valence-electron chi connectivity index (χ2n) is 8.49. The van der Waals surface area contributed by atoms with Crippen molar-refractivity contribution in [3.05, 3.63) is 39.9 Å². The minimum absolute atomic E-state index is 0.0873. The lowest BCUT2D eigenvalue weighted by atomic mass is 10.2. The molecule has 0 saturated carbocycles. The zero-order valence-electron chi connectivity index (χ0n) is 18.8. The van der Waals surface area contributed by atoms with E-state index in [1.54, 1.807) is 20.8 Å². The molecule has 1 aromatic carbocycles. The maximum absolute atomic E-state index is 12.8. The van der Waals surface area contributed by atoms with Crippen LogP contribution in [0.25, 0.3) is 0 Å². The summed E-state index contributed by atoms with van der Waals surface area (Å²) in [5, 5.41) is 15.7. The molecule has 0 unspecified atom stereocenters. The van der Waals surface area contributed by atoms with Gasteiger partial charge in [0.25, 0.3) is 15.9 Å². The number of non-ortho nitro benzene ring substituents is 1. The van der Waals surface area contributed by atoms with E-state index in [2.05, 4.69) is 0 Å². The average molecular weight is 505 g/mol. The van der Waals surface area contributed by atoms with Gasteiger partial charge >= 0.3 is 6.09 Å². The maximum atomic E-state index is 12.8. The standard InChI is InChI=1S/C19H28N4O8S2/c1-13(24)32-17-9-16(10-22(33(20,28)29)31-19(2,3)4)21(11-17)18(25)30-12-14-5-7-15(8-6-14)23(26)27/h5-8,16-17H,9-12H2,1-4H3,(H2,20,28,29)/t16-,17-/m0/s1. The molecule has 0 bridgehead atoms. The van der Waals surface area contributed by atoms with Gasteiger partial charge in [-0.25, -0.2) is 9.93 Å². The molecule has 2 atom stereocenters. The predicted octanol–water partition coefficient (Wildman–Crippen LogP) is 2.19. The van der Waals surface area contributed by atoms with Crippen molar-refractivity contribution in [3.8, 4) is 0 Å². The van der Waals surface area contributed by atoms with Crippen LogP contribution in [0.2, 0.25) is 0 Å². The summed E-state index contributed by atoms with van der Waals surface area (Å²) in [5.74, 6) is 0. The van der Waals surface area contributed by atoms with Gasteiger partial charge in [0, 0.05) is 30.9 Å². The third kappa shape index (κ3) is 8.55. The Bertz CT molecular complexity index is 979. The molecule has 1 saturated heterocycles. The van der Waals surface area contributed by atoms with Crippen molar-refractivity contribution in [2.45, 2.75) is 57.6 Å². The van der Waals surface area contributed by atoms with E-state index in [1.807, 2.05) is 0 Å². The van der Waals surface area contributed by atoms with E-state index in [9.17, 15) is 28.1 Å². The van der Waals surface area contributed by atoms with Crippen molar-refractivity contribution < 1.29 is 32.5 Å². The topological polar surface area (TPSA) is 162 Å². The first-order chi connectivity index (χ1) is 15.2. The zero-order chi connectivity index (χ0) is 25.0. The van der Waals surface area contributed by atoms with Gasteiger partial charge in [-0.3, -0.25) is 19.7 Å². The number of benzene rings is 1. The summed E-state index contributed by atoms with van der Waals surface area (Å²) in [4.78, 5) is 41.4. The Balaban J connectivity index is 2.14. The highest BCUT2D eigenvalue weighted by molar-refractivity contribution is 8.14. The zero-order valence-corrected chi connectivity index (χ0v) is 20.4. The number of hydroxylamine groups is 1. The lowest BCUT2D eigenvalue weighted by Crippen LogP contribution is -2.49. The number of thioether (sulfide) groups is 1. The third-order valence-electron chi connectivity index (χ3n) is 4.47. The molecule has 33 heavy (non-hydrogen) atoms. The summed E-state index contributed by atoms with van der Waals surface area (Å²) in [7, 11) is -4.24. The summed E-state index contributed by atoms with van der Waals surface area (Å²) in [5.41, 5.74) is -0.405. The molecule has 0 aliphatic carbocycles. The van der Waals surface area contributed by atoms with Crippen LogP contribution in [0.5, 0.6) is 0 Å². The number of hydrogen-bond acceptors (Lipinski definition) is 9. The van der Waals surface area contributed by atoms with Gasteiger partial charge < -0.3 is 9.64 Å². The van der Waals surface area contributed by atoms with Crippen LogP contribution in [-0.2, 0) is 31.2 Å². The van der Waals surface area contributed by atoms with Crippen molar-refractivity contribution in [1.29, 1.82) is 0 Å². The fraction of sp³-hybridized carbons (Fsp3) is 0.579. The second kappa shape index (κ2) is 10.8. The lowest BCUT2D eigenvalue weighted by Gasteiger charge is -2.32. The van der Waals surface area contributed by atoms with E-state index < -0.39 is 32.9 Å². The molecule has 12 nitrogen and oxygen atoms in total. The van der Waals surface area contributed by atoms with Crippen LogP contribution >= 0.6 is 11.8 Å². The second-order valence-corrected chi connectivity index (χ2v) is 11.4. The summed E-state index contributed by atoms with van der Waals surface area (Å²) in [6.07, 6.45) is -0.383. The molecule has 2 rings (SSSR count). The van der Waals surface area contributed by atoms with Crippen molar-refractivity contribution in [2.75, 3.05) is 13.1 Å². The summed E-state index contributed by atoms with van der Waals surface area (Å²) >= 11 is 1.06. The molecule has 0 spiro atoms. The first-order valence-electron chi connectivity index (χ1n) is 9.99. The molecule has 0 radical (unpaired) electrons. The fourth-order valence-electron chi connectivity index (χ4n) is 3.20. The molecule has 1 amide bonds. The minimum atomic E-state index is -4.24. The molecule has 2 N–H and O–H groups in total. The van der Waals surface area contributed by atoms with Crippen LogP contribution in [0.3, 0.4) is 0 Å². The van der Waals surface area contributed by atoms with Gasteiger partial charge in [0.2, 0.25) is 0 Å². The first-order valence-corrected chi connectivity index (χ1v) is 12.4. The van der Waals surface area contributed by atoms with Gasteiger partial charge in [-0.2, -0.15) is 8.42 Å². The van der Waals surface area contributed by atoms with Crippen LogP contribution in [0.4, 0.5) is 10.5 Å². The Morgan fingerprint density at radius 1 is 1.30 bits per heavy atom. The van der Waals surface area contributed by atoms with Crippen molar-refractivity contribution >= 4 is 38.9 Å². The minimum Gasteiger partial charge on any atom is -0.445 e. The van der Waals surface area contributed by atoms with E-state index in [-0.39, 0.29) is 35.7 Å². The number of carbonyl (C=O) groups is 2. The Labute approximate surface area is 196 Å². The molecule has 184 valence electrons. The number of likely N-dealkylation sites (tertiary alicyclic amines) is 1. The Kier molecular flexibility index (Phi) is 8.81. The number of ether oxygens (including phenoxy) is 1. The van der Waals surface area contributed by atoms with E-state index in [1.165, 1.54) is 36.1 Å². The van der Waals surface area contributed by atoms with Crippen LogP contribution in [0, 0.1) is 10.1 Å². The van der Waals surface area contributed by atoms with Crippen LogP contribution in [-0.4, -0.2) is 63.9 Å². The van der Waals surface area contributed by atoms with E-state index >= 15 is 0 Å². The summed E-state index contributed by atoms with van der Waals surface area (Å²) in [6, 6.07) is 4.90. The van der Waals surface area contributed by atoms with E-state index in [0.717, 1.165) is 11.8 Å². The lowest BCUT2D eigenvalue weighted by molar-refractivity contribution is -0.384. The van der Waals surface area contributed by atoms with Gasteiger partial charge in [0.15, 0.2) is 5.12 Å². The van der Waals surface area contributed by atoms with Crippen molar-refractivity contribution in [3.63, 3.8) is 0 Å². The summed E-state index contributed by atoms with van der Waals surface area (Å²) < 4.78 is 30.1. The van der Waals surface area contributed by atoms with Gasteiger partial charge in [-0.15, -0.1) is 0 Å². The molecule has 0 aromatic heterocycles. The average Bonchev–Trinajstić information content (AvgIpc) is 3.05. The molecule has 1 aliphatic heterocycles. The third-order valence-corrected chi connectivity index (χ3v) is 6.27. The highest BCUT2D eigenvalue weighted by Crippen LogP contribution is 2.30. The number of nitrogens with zero attached hydrogens (tertiary/aromatic N) is 3. The molecule has 14 heteroatoms. The van der Waals surface area contributed by atoms with E-state index in [0.29, 0.717) is 16.5 Å². The highest BCUT2D eigenvalue weighted by atomic mass is 32.2. The van der Waals surface area contributed by atoms with Gasteiger partial charge in [-0.1, -0.05) is 16.2 Å². The monoisotopic (exact) mass is 504 g/mol. The number of rotatable bonds is 8. The highest BCUT2D eigenvalue weighted by Gasteiger charge is 2.40. The number of amides is 1. The largest absolute Gasteiger partial charge is 0.445 e. The summed E-state index contributed by atoms with van der Waals surface area (Å²) in [6.45, 7) is 6.18. The molecule has 1 aromatic rings. The Hall–Kier alpha value is -2.26. The van der Waals surface area contributed by atoms with Crippen molar-refractivity contribution in [2.24, 2.45) is 5.14 Å². The van der Waals surface area contributed by atoms with Gasteiger partial charge in [0.1, 0.15) is 6.61 Å². The normalized spacial score (nSPS) is 19.0. The van der Waals surface area contributed by atoms with Gasteiger partial charge in [0.05, 0.1) is 23.1 Å². The molecule has 1 aliphatic rings. The maximum Gasteiger partial charge on any atom is 0.410 e. The predicted molar refractivity (Wildman–Crippen MR) is 121 cm³/mol. The SMILES string of the molecule is CC(=O)S[C@H]1C[C@@H](CN(OC(C)(C)C)S(N)(=O)=O)N(C(=O)OCc2ccc([N+](=O)[O-])cc2)C1. The molecule has 1 heterocycles. The van der Waals surface area contributed by atoms with Crippen LogP contribution in [0.15, 0.2) is 24.3 Å². The quantitative estimate of drug-likeness (QED) is 0.413. The number of nitro benzene ring substituents is 1. The first kappa shape index (κ1) is 27.0. The molecular formula is C19H28N4O8S2. The van der Waals surface area contributed by atoms with Crippen LogP contribution in [0.1, 0.15) is 39.7 Å². The van der Waals surface area contributed by atoms with Gasteiger partial charge in [-0.05, 0) is 44.9 Å². The Morgan fingerprint density at radius 3 is 2.39 bits per heavy atom. The van der Waals surface area contributed by atoms with Crippen molar-refractivity contribution in [1.82, 2.24) is 9.37 Å². The number of hydrogen-bond donors (Lipinski definition) is 1. The fourth-order valence-corrected chi connectivity index (χ4v) is 4.93. The van der Waals surface area contributed by atoms with E-state index in [4.69, 9.17) is 14.7 Å². The number of nitrogens with two attached hydrogens (primary N) is 1. The Morgan fingerprint density at radius 2 is 1.91 bits per heavy atom. The smallest absolute Gasteiger partial charge is 0.410 e. The molecule has 1 fully saturated rings. The molecular weight excluding hydrogens is 476 g/mol.